The first-order valence-electron chi connectivity index (χ1n) is 11.1. The zero-order valence-electron chi connectivity index (χ0n) is 19.3. The summed E-state index contributed by atoms with van der Waals surface area (Å²) in [5.41, 5.74) is 4.70. The summed E-state index contributed by atoms with van der Waals surface area (Å²) in [6, 6.07) is 24.5. The number of amides is 2. The van der Waals surface area contributed by atoms with E-state index in [4.69, 9.17) is 16.3 Å². The van der Waals surface area contributed by atoms with E-state index < -0.39 is 17.8 Å². The molecule has 0 aliphatic rings. The van der Waals surface area contributed by atoms with E-state index in [9.17, 15) is 14.4 Å². The van der Waals surface area contributed by atoms with E-state index in [1.165, 1.54) is 12.3 Å². The largest absolute Gasteiger partial charge is 0.422 e. The van der Waals surface area contributed by atoms with Crippen molar-refractivity contribution in [2.45, 2.75) is 6.92 Å². The van der Waals surface area contributed by atoms with E-state index in [-0.39, 0.29) is 6.54 Å². The quantitative estimate of drug-likeness (QED) is 0.163. The number of fused-ring (bicyclic) bond motifs is 1. The Balaban J connectivity index is 1.47. The Labute approximate surface area is 212 Å². The second-order valence-electron chi connectivity index (χ2n) is 7.94. The highest BCUT2D eigenvalue weighted by atomic mass is 35.5. The first kappa shape index (κ1) is 24.6. The Morgan fingerprint density at radius 2 is 1.69 bits per heavy atom. The van der Waals surface area contributed by atoms with Gasteiger partial charge in [-0.2, -0.15) is 5.10 Å². The van der Waals surface area contributed by atoms with Crippen LogP contribution in [0.2, 0.25) is 5.02 Å². The normalized spacial score (nSPS) is 10.8. The second kappa shape index (κ2) is 11.3. The van der Waals surface area contributed by atoms with Crippen molar-refractivity contribution in [3.8, 4) is 5.75 Å². The molecule has 0 aliphatic heterocycles. The van der Waals surface area contributed by atoms with Gasteiger partial charge in [-0.05, 0) is 54.1 Å². The summed E-state index contributed by atoms with van der Waals surface area (Å²) in [5.74, 6) is -1.17. The first-order valence-corrected chi connectivity index (χ1v) is 11.4. The molecule has 180 valence electrons. The maximum Gasteiger partial charge on any atom is 0.343 e. The van der Waals surface area contributed by atoms with Crippen LogP contribution in [-0.4, -0.2) is 30.5 Å². The number of rotatable bonds is 7. The van der Waals surface area contributed by atoms with Gasteiger partial charge in [-0.3, -0.25) is 9.59 Å². The van der Waals surface area contributed by atoms with E-state index in [0.29, 0.717) is 27.5 Å². The topological polar surface area (TPSA) is 96.9 Å². The minimum absolute atomic E-state index is 0.284. The van der Waals surface area contributed by atoms with Gasteiger partial charge in [0, 0.05) is 16.1 Å². The lowest BCUT2D eigenvalue weighted by atomic mass is 10.0. The highest BCUT2D eigenvalue weighted by Crippen LogP contribution is 2.27. The van der Waals surface area contributed by atoms with Gasteiger partial charge in [0.1, 0.15) is 5.75 Å². The number of aryl methyl sites for hydroxylation is 1. The fourth-order valence-corrected chi connectivity index (χ4v) is 3.64. The number of hydrogen-bond donors (Lipinski definition) is 2. The molecule has 0 saturated heterocycles. The van der Waals surface area contributed by atoms with Gasteiger partial charge in [0.15, 0.2) is 0 Å². The predicted octanol–water partition coefficient (Wildman–Crippen LogP) is 4.90. The van der Waals surface area contributed by atoms with E-state index in [0.717, 1.165) is 16.3 Å². The van der Waals surface area contributed by atoms with Crippen molar-refractivity contribution in [2.75, 3.05) is 6.54 Å². The standard InChI is InChI=1S/C28H22ClN3O4/c1-18-9-11-20(12-10-18)28(35)36-25-14-13-19-5-2-3-8-23(19)24(25)16-31-32-26(33)17-30-27(34)21-6-4-7-22(29)15-21/h2-16H,17H2,1H3,(H,30,34)(H,32,33)/b31-16-. The molecule has 0 aromatic heterocycles. The molecule has 4 aromatic rings. The Morgan fingerprint density at radius 1 is 0.917 bits per heavy atom. The van der Waals surface area contributed by atoms with Gasteiger partial charge < -0.3 is 10.1 Å². The third-order valence-electron chi connectivity index (χ3n) is 5.30. The van der Waals surface area contributed by atoms with Gasteiger partial charge in [-0.1, -0.05) is 65.7 Å². The van der Waals surface area contributed by atoms with Crippen molar-refractivity contribution in [2.24, 2.45) is 5.10 Å². The van der Waals surface area contributed by atoms with E-state index in [1.807, 2.05) is 49.4 Å². The van der Waals surface area contributed by atoms with Crippen molar-refractivity contribution in [1.82, 2.24) is 10.7 Å². The van der Waals surface area contributed by atoms with Crippen LogP contribution in [0.3, 0.4) is 0 Å². The minimum atomic E-state index is -0.528. The minimum Gasteiger partial charge on any atom is -0.422 e. The van der Waals surface area contributed by atoms with Crippen molar-refractivity contribution < 1.29 is 19.1 Å². The highest BCUT2D eigenvalue weighted by Gasteiger charge is 2.14. The zero-order chi connectivity index (χ0) is 25.5. The zero-order valence-corrected chi connectivity index (χ0v) is 20.1. The van der Waals surface area contributed by atoms with Crippen molar-refractivity contribution >= 4 is 46.4 Å². The average Bonchev–Trinajstić information content (AvgIpc) is 2.88. The molecule has 0 heterocycles. The molecule has 0 atom stereocenters. The summed E-state index contributed by atoms with van der Waals surface area (Å²) in [4.78, 5) is 37.1. The lowest BCUT2D eigenvalue weighted by Gasteiger charge is -2.11. The number of esters is 1. The fourth-order valence-electron chi connectivity index (χ4n) is 3.45. The van der Waals surface area contributed by atoms with Crippen LogP contribution in [0.4, 0.5) is 0 Å². The molecule has 4 rings (SSSR count). The van der Waals surface area contributed by atoms with Gasteiger partial charge in [-0.25, -0.2) is 10.2 Å². The van der Waals surface area contributed by atoms with Crippen LogP contribution < -0.4 is 15.5 Å². The summed E-state index contributed by atoms with van der Waals surface area (Å²) in [7, 11) is 0. The summed E-state index contributed by atoms with van der Waals surface area (Å²) < 4.78 is 5.66. The number of benzene rings is 4. The molecule has 36 heavy (non-hydrogen) atoms. The van der Waals surface area contributed by atoms with Crippen LogP contribution in [0.1, 0.15) is 31.8 Å². The van der Waals surface area contributed by atoms with Crippen molar-refractivity contribution in [3.05, 3.63) is 112 Å². The predicted molar refractivity (Wildman–Crippen MR) is 140 cm³/mol. The van der Waals surface area contributed by atoms with Gasteiger partial charge in [-0.15, -0.1) is 0 Å². The number of nitrogens with one attached hydrogen (secondary N) is 2. The Kier molecular flexibility index (Phi) is 7.72. The van der Waals surface area contributed by atoms with Gasteiger partial charge in [0.25, 0.3) is 11.8 Å². The number of nitrogens with zero attached hydrogens (tertiary/aromatic N) is 1. The molecular formula is C28H22ClN3O4. The number of carbonyl (C=O) groups is 3. The second-order valence-corrected chi connectivity index (χ2v) is 8.38. The molecule has 4 aromatic carbocycles. The summed E-state index contributed by atoms with van der Waals surface area (Å²) in [6.45, 7) is 1.65. The number of hydrogen-bond acceptors (Lipinski definition) is 5. The number of hydrazone groups is 1. The van der Waals surface area contributed by atoms with E-state index in [1.54, 1.807) is 36.4 Å². The first-order chi connectivity index (χ1) is 17.4. The smallest absolute Gasteiger partial charge is 0.343 e. The molecule has 2 amide bonds. The molecule has 0 aliphatic carbocycles. The maximum absolute atomic E-state index is 12.7. The van der Waals surface area contributed by atoms with Crippen LogP contribution >= 0.6 is 11.6 Å². The van der Waals surface area contributed by atoms with E-state index in [2.05, 4.69) is 15.8 Å². The molecule has 0 spiro atoms. The molecule has 0 fully saturated rings. The van der Waals surface area contributed by atoms with Gasteiger partial charge >= 0.3 is 5.97 Å². The van der Waals surface area contributed by atoms with Crippen LogP contribution in [0, 0.1) is 6.92 Å². The van der Waals surface area contributed by atoms with Crippen molar-refractivity contribution in [3.63, 3.8) is 0 Å². The Morgan fingerprint density at radius 3 is 2.47 bits per heavy atom. The van der Waals surface area contributed by atoms with E-state index >= 15 is 0 Å². The van der Waals surface area contributed by atoms with Crippen LogP contribution in [0.25, 0.3) is 10.8 Å². The number of carbonyl (C=O) groups excluding carboxylic acids is 3. The van der Waals surface area contributed by atoms with Gasteiger partial charge in [0.2, 0.25) is 0 Å². The summed E-state index contributed by atoms with van der Waals surface area (Å²) in [6.07, 6.45) is 1.41. The molecule has 0 radical (unpaired) electrons. The molecule has 0 bridgehead atoms. The van der Waals surface area contributed by atoms with Crippen LogP contribution in [0.5, 0.6) is 5.75 Å². The molecular weight excluding hydrogens is 478 g/mol. The molecule has 2 N–H and O–H groups in total. The molecule has 0 unspecified atom stereocenters. The third-order valence-corrected chi connectivity index (χ3v) is 5.53. The average molecular weight is 500 g/mol. The number of halogens is 1. The summed E-state index contributed by atoms with van der Waals surface area (Å²) >= 11 is 5.90. The SMILES string of the molecule is Cc1ccc(C(=O)Oc2ccc3ccccc3c2/C=N\NC(=O)CNC(=O)c2cccc(Cl)c2)cc1. The Bertz CT molecular complexity index is 1470. The molecule has 7 nitrogen and oxygen atoms in total. The lowest BCUT2D eigenvalue weighted by molar-refractivity contribution is -0.120. The molecule has 0 saturated carbocycles. The highest BCUT2D eigenvalue weighted by molar-refractivity contribution is 6.31. The Hall–Kier alpha value is -4.49. The number of ether oxygens (including phenoxy) is 1. The maximum atomic E-state index is 12.7. The molecule has 8 heteroatoms. The summed E-state index contributed by atoms with van der Waals surface area (Å²) in [5, 5.41) is 8.66. The van der Waals surface area contributed by atoms with Crippen LogP contribution in [0.15, 0.2) is 90.0 Å². The lowest BCUT2D eigenvalue weighted by Crippen LogP contribution is -2.34. The monoisotopic (exact) mass is 499 g/mol. The van der Waals surface area contributed by atoms with Crippen LogP contribution in [-0.2, 0) is 4.79 Å². The van der Waals surface area contributed by atoms with Gasteiger partial charge in [0.05, 0.1) is 18.3 Å². The van der Waals surface area contributed by atoms with Crippen molar-refractivity contribution in [1.29, 1.82) is 0 Å². The third kappa shape index (κ3) is 6.14. The fraction of sp³-hybridized carbons (Fsp3) is 0.0714.